The van der Waals surface area contributed by atoms with Crippen molar-refractivity contribution in [1.82, 2.24) is 0 Å². The molecule has 0 amide bonds. The molecule has 2 rings (SSSR count). The molecule has 104 valence electrons. The molecule has 1 aromatic rings. The molecule has 0 unspecified atom stereocenters. The number of halogens is 1. The first-order valence-corrected chi connectivity index (χ1v) is 6.80. The first-order valence-electron chi connectivity index (χ1n) is 6.80. The standard InChI is InChI=1S/C15H19FO3/c1-2-10-6-8-11(9-7-10)19-13-5-3-4-12(16)14(13)15(17)18/h3-5,10-11H,2,6-9H2,1H3,(H,17,18). The van der Waals surface area contributed by atoms with Crippen LogP contribution in [0, 0.1) is 11.7 Å². The average Bonchev–Trinajstić information content (AvgIpc) is 2.39. The lowest BCUT2D eigenvalue weighted by molar-refractivity contribution is 0.0677. The number of aromatic carboxylic acids is 1. The lowest BCUT2D eigenvalue weighted by Crippen LogP contribution is -2.24. The van der Waals surface area contributed by atoms with Gasteiger partial charge in [0.15, 0.2) is 0 Å². The topological polar surface area (TPSA) is 46.5 Å². The van der Waals surface area contributed by atoms with E-state index in [4.69, 9.17) is 9.84 Å². The Morgan fingerprint density at radius 1 is 1.37 bits per heavy atom. The molecule has 0 atom stereocenters. The van der Waals surface area contributed by atoms with Crippen molar-refractivity contribution in [3.63, 3.8) is 0 Å². The molecule has 3 nitrogen and oxygen atoms in total. The Bertz CT molecular complexity index is 451. The van der Waals surface area contributed by atoms with E-state index in [2.05, 4.69) is 6.92 Å². The lowest BCUT2D eigenvalue weighted by Gasteiger charge is -2.28. The summed E-state index contributed by atoms with van der Waals surface area (Å²) in [7, 11) is 0. The molecule has 19 heavy (non-hydrogen) atoms. The van der Waals surface area contributed by atoms with E-state index in [-0.39, 0.29) is 17.4 Å². The van der Waals surface area contributed by atoms with E-state index in [9.17, 15) is 9.18 Å². The van der Waals surface area contributed by atoms with Gasteiger partial charge in [0.25, 0.3) is 0 Å². The highest BCUT2D eigenvalue weighted by molar-refractivity contribution is 5.91. The van der Waals surface area contributed by atoms with E-state index < -0.39 is 11.8 Å². The second-order valence-electron chi connectivity index (χ2n) is 5.09. The average molecular weight is 266 g/mol. The molecule has 1 N–H and O–H groups in total. The summed E-state index contributed by atoms with van der Waals surface area (Å²) in [6.45, 7) is 2.18. The Hall–Kier alpha value is -1.58. The number of carboxylic acids is 1. The normalized spacial score (nSPS) is 23.1. The van der Waals surface area contributed by atoms with Crippen LogP contribution in [0.2, 0.25) is 0 Å². The van der Waals surface area contributed by atoms with Gasteiger partial charge in [0.1, 0.15) is 17.1 Å². The van der Waals surface area contributed by atoms with E-state index >= 15 is 0 Å². The fourth-order valence-electron chi connectivity index (χ4n) is 2.65. The minimum atomic E-state index is -1.28. The fourth-order valence-corrected chi connectivity index (χ4v) is 2.65. The van der Waals surface area contributed by atoms with Crippen molar-refractivity contribution in [1.29, 1.82) is 0 Å². The minimum absolute atomic E-state index is 0.00250. The summed E-state index contributed by atoms with van der Waals surface area (Å²) in [5.41, 5.74) is -0.361. The van der Waals surface area contributed by atoms with Gasteiger partial charge in [-0.1, -0.05) is 19.4 Å². The first kappa shape index (κ1) is 13.8. The SMILES string of the molecule is CCC1CCC(Oc2cccc(F)c2C(=O)O)CC1. The summed E-state index contributed by atoms with van der Waals surface area (Å²) in [6.07, 6.45) is 5.19. The van der Waals surface area contributed by atoms with Gasteiger partial charge >= 0.3 is 5.97 Å². The highest BCUT2D eigenvalue weighted by Crippen LogP contribution is 2.31. The van der Waals surface area contributed by atoms with Crippen molar-refractivity contribution in [2.75, 3.05) is 0 Å². The highest BCUT2D eigenvalue weighted by atomic mass is 19.1. The van der Waals surface area contributed by atoms with Crippen LogP contribution < -0.4 is 4.74 Å². The Morgan fingerprint density at radius 2 is 2.05 bits per heavy atom. The maximum absolute atomic E-state index is 13.5. The number of benzene rings is 1. The van der Waals surface area contributed by atoms with Gasteiger partial charge in [-0.25, -0.2) is 9.18 Å². The quantitative estimate of drug-likeness (QED) is 0.899. The van der Waals surface area contributed by atoms with Crippen molar-refractivity contribution in [2.45, 2.75) is 45.1 Å². The summed E-state index contributed by atoms with van der Waals surface area (Å²) in [6, 6.07) is 4.15. The van der Waals surface area contributed by atoms with Crippen molar-refractivity contribution < 1.29 is 19.0 Å². The Balaban J connectivity index is 2.08. The lowest BCUT2D eigenvalue weighted by atomic mass is 9.86. The van der Waals surface area contributed by atoms with Crippen LogP contribution in [-0.2, 0) is 0 Å². The zero-order valence-corrected chi connectivity index (χ0v) is 11.1. The number of carbonyl (C=O) groups is 1. The zero-order valence-electron chi connectivity index (χ0n) is 11.1. The van der Waals surface area contributed by atoms with Crippen molar-refractivity contribution in [3.05, 3.63) is 29.6 Å². The molecule has 0 radical (unpaired) electrons. The van der Waals surface area contributed by atoms with Crippen LogP contribution in [0.4, 0.5) is 4.39 Å². The van der Waals surface area contributed by atoms with Crippen LogP contribution in [-0.4, -0.2) is 17.2 Å². The molecule has 4 heteroatoms. The van der Waals surface area contributed by atoms with Gasteiger partial charge < -0.3 is 9.84 Å². The molecule has 1 aromatic carbocycles. The molecule has 1 aliphatic rings. The molecule has 0 aromatic heterocycles. The fraction of sp³-hybridized carbons (Fsp3) is 0.533. The summed E-state index contributed by atoms with van der Waals surface area (Å²) in [5.74, 6) is -1.14. The smallest absolute Gasteiger partial charge is 0.342 e. The highest BCUT2D eigenvalue weighted by Gasteiger charge is 2.24. The van der Waals surface area contributed by atoms with E-state index in [0.717, 1.165) is 37.7 Å². The molecular formula is C15H19FO3. The Labute approximate surface area is 112 Å². The summed E-state index contributed by atoms with van der Waals surface area (Å²) in [4.78, 5) is 11.1. The first-order chi connectivity index (χ1) is 9.11. The maximum atomic E-state index is 13.5. The number of hydrogen-bond acceptors (Lipinski definition) is 2. The Morgan fingerprint density at radius 3 is 2.63 bits per heavy atom. The van der Waals surface area contributed by atoms with Gasteiger partial charge in [0.05, 0.1) is 6.10 Å². The van der Waals surface area contributed by atoms with Crippen molar-refractivity contribution in [3.8, 4) is 5.75 Å². The predicted molar refractivity (Wildman–Crippen MR) is 70.0 cm³/mol. The predicted octanol–water partition coefficient (Wildman–Crippen LogP) is 3.87. The molecule has 0 heterocycles. The third-order valence-corrected chi connectivity index (χ3v) is 3.85. The van der Waals surface area contributed by atoms with Gasteiger partial charge in [-0.15, -0.1) is 0 Å². The third-order valence-electron chi connectivity index (χ3n) is 3.85. The van der Waals surface area contributed by atoms with E-state index in [0.29, 0.717) is 0 Å². The molecular weight excluding hydrogens is 247 g/mol. The second-order valence-corrected chi connectivity index (χ2v) is 5.09. The van der Waals surface area contributed by atoms with Crippen LogP contribution in [0.3, 0.4) is 0 Å². The zero-order chi connectivity index (χ0) is 13.8. The van der Waals surface area contributed by atoms with Crippen LogP contribution in [0.25, 0.3) is 0 Å². The largest absolute Gasteiger partial charge is 0.489 e. The van der Waals surface area contributed by atoms with Gasteiger partial charge in [-0.3, -0.25) is 0 Å². The van der Waals surface area contributed by atoms with Gasteiger partial charge in [-0.05, 0) is 43.7 Å². The van der Waals surface area contributed by atoms with Gasteiger partial charge in [0.2, 0.25) is 0 Å². The Kier molecular flexibility index (Phi) is 4.40. The monoisotopic (exact) mass is 266 g/mol. The number of carboxylic acid groups (broad SMARTS) is 1. The number of rotatable bonds is 4. The summed E-state index contributed by atoms with van der Waals surface area (Å²) >= 11 is 0. The van der Waals surface area contributed by atoms with Crippen LogP contribution in [0.5, 0.6) is 5.75 Å². The molecule has 0 spiro atoms. The second kappa shape index (κ2) is 6.04. The molecule has 1 saturated carbocycles. The molecule has 1 aliphatic carbocycles. The molecule has 0 bridgehead atoms. The van der Waals surface area contributed by atoms with Gasteiger partial charge in [-0.2, -0.15) is 0 Å². The third kappa shape index (κ3) is 3.25. The van der Waals surface area contributed by atoms with Gasteiger partial charge in [0, 0.05) is 0 Å². The van der Waals surface area contributed by atoms with Crippen LogP contribution in [0.15, 0.2) is 18.2 Å². The number of hydrogen-bond donors (Lipinski definition) is 1. The number of ether oxygens (including phenoxy) is 1. The molecule has 0 aliphatic heterocycles. The summed E-state index contributed by atoms with van der Waals surface area (Å²) in [5, 5.41) is 9.04. The minimum Gasteiger partial charge on any atom is -0.489 e. The van der Waals surface area contributed by atoms with Crippen LogP contribution in [0.1, 0.15) is 49.4 Å². The maximum Gasteiger partial charge on any atom is 0.342 e. The van der Waals surface area contributed by atoms with Crippen LogP contribution >= 0.6 is 0 Å². The van der Waals surface area contributed by atoms with E-state index in [1.54, 1.807) is 0 Å². The van der Waals surface area contributed by atoms with E-state index in [1.807, 2.05) is 0 Å². The molecule has 0 saturated heterocycles. The molecule has 1 fully saturated rings. The van der Waals surface area contributed by atoms with E-state index in [1.165, 1.54) is 18.6 Å². The van der Waals surface area contributed by atoms with Crippen molar-refractivity contribution in [2.24, 2.45) is 5.92 Å². The summed E-state index contributed by atoms with van der Waals surface area (Å²) < 4.78 is 19.2. The van der Waals surface area contributed by atoms with Crippen molar-refractivity contribution >= 4 is 5.97 Å².